The van der Waals surface area contributed by atoms with Gasteiger partial charge in [0.15, 0.2) is 0 Å². The SMILES string of the molecule is Cn1cc(Br)cc(NC(=O)[C@@H]2CC=CCC2)c1=O. The van der Waals surface area contributed by atoms with Crippen molar-refractivity contribution >= 4 is 27.5 Å². The van der Waals surface area contributed by atoms with Crippen LogP contribution >= 0.6 is 15.9 Å². The molecule has 0 spiro atoms. The molecule has 1 aromatic rings. The first kappa shape index (κ1) is 13.1. The van der Waals surface area contributed by atoms with Gasteiger partial charge in [0.1, 0.15) is 5.69 Å². The maximum absolute atomic E-state index is 12.0. The van der Waals surface area contributed by atoms with E-state index < -0.39 is 0 Å². The summed E-state index contributed by atoms with van der Waals surface area (Å²) in [6, 6.07) is 1.64. The van der Waals surface area contributed by atoms with Crippen molar-refractivity contribution < 1.29 is 4.79 Å². The number of nitrogens with one attached hydrogen (secondary N) is 1. The molecular weight excluding hydrogens is 296 g/mol. The van der Waals surface area contributed by atoms with E-state index in [1.165, 1.54) is 4.57 Å². The number of amides is 1. The van der Waals surface area contributed by atoms with Crippen LogP contribution in [0.2, 0.25) is 0 Å². The van der Waals surface area contributed by atoms with Crippen LogP contribution in [0.15, 0.2) is 33.7 Å². The number of halogens is 1. The van der Waals surface area contributed by atoms with Crippen molar-refractivity contribution in [3.05, 3.63) is 39.2 Å². The Morgan fingerprint density at radius 1 is 1.50 bits per heavy atom. The molecule has 0 unspecified atom stereocenters. The molecule has 18 heavy (non-hydrogen) atoms. The second-order valence-corrected chi connectivity index (χ2v) is 5.37. The van der Waals surface area contributed by atoms with E-state index in [-0.39, 0.29) is 17.4 Å². The number of allylic oxidation sites excluding steroid dienone is 2. The van der Waals surface area contributed by atoms with E-state index >= 15 is 0 Å². The Hall–Kier alpha value is -1.36. The fourth-order valence-electron chi connectivity index (χ4n) is 2.03. The molecule has 0 radical (unpaired) electrons. The van der Waals surface area contributed by atoms with E-state index in [0.717, 1.165) is 23.7 Å². The molecule has 0 saturated heterocycles. The first-order chi connectivity index (χ1) is 8.58. The highest BCUT2D eigenvalue weighted by molar-refractivity contribution is 9.10. The molecule has 0 aliphatic heterocycles. The summed E-state index contributed by atoms with van der Waals surface area (Å²) >= 11 is 3.31. The van der Waals surface area contributed by atoms with Gasteiger partial charge in [-0.1, -0.05) is 12.2 Å². The van der Waals surface area contributed by atoms with Gasteiger partial charge in [0.2, 0.25) is 5.91 Å². The van der Waals surface area contributed by atoms with Gasteiger partial charge in [0.25, 0.3) is 5.56 Å². The Morgan fingerprint density at radius 2 is 2.28 bits per heavy atom. The highest BCUT2D eigenvalue weighted by atomic mass is 79.9. The summed E-state index contributed by atoms with van der Waals surface area (Å²) in [5.74, 6) is -0.103. The van der Waals surface area contributed by atoms with Crippen LogP contribution in [-0.2, 0) is 11.8 Å². The number of aromatic nitrogens is 1. The zero-order valence-corrected chi connectivity index (χ0v) is 11.7. The highest BCUT2D eigenvalue weighted by Crippen LogP contribution is 2.20. The fraction of sp³-hybridized carbons (Fsp3) is 0.385. The Kier molecular flexibility index (Phi) is 4.01. The quantitative estimate of drug-likeness (QED) is 0.853. The summed E-state index contributed by atoms with van der Waals surface area (Å²) in [4.78, 5) is 23.9. The lowest BCUT2D eigenvalue weighted by Gasteiger charge is -2.17. The lowest BCUT2D eigenvalue weighted by atomic mass is 9.93. The zero-order chi connectivity index (χ0) is 13.1. The fourth-order valence-corrected chi connectivity index (χ4v) is 2.56. The number of carbonyl (C=O) groups is 1. The zero-order valence-electron chi connectivity index (χ0n) is 10.1. The summed E-state index contributed by atoms with van der Waals surface area (Å²) in [5.41, 5.74) is 0.129. The van der Waals surface area contributed by atoms with Crippen molar-refractivity contribution in [3.63, 3.8) is 0 Å². The number of carbonyl (C=O) groups excluding carboxylic acids is 1. The smallest absolute Gasteiger partial charge is 0.274 e. The molecule has 4 nitrogen and oxygen atoms in total. The van der Waals surface area contributed by atoms with Gasteiger partial charge in [-0.05, 0) is 41.3 Å². The number of hydrogen-bond acceptors (Lipinski definition) is 2. The molecule has 0 fully saturated rings. The molecule has 0 saturated carbocycles. The molecular formula is C13H15BrN2O2. The van der Waals surface area contributed by atoms with E-state index in [1.54, 1.807) is 19.3 Å². The van der Waals surface area contributed by atoms with Gasteiger partial charge in [-0.25, -0.2) is 0 Å². The Bertz CT molecular complexity index is 548. The van der Waals surface area contributed by atoms with Crippen molar-refractivity contribution in [1.82, 2.24) is 4.57 Å². The van der Waals surface area contributed by atoms with Gasteiger partial charge in [-0.2, -0.15) is 0 Å². The standard InChI is InChI=1S/C13H15BrN2O2/c1-16-8-10(14)7-11(13(16)18)15-12(17)9-5-3-2-4-6-9/h2-3,7-9H,4-6H2,1H3,(H,15,17)/t9-/m1/s1. The minimum atomic E-state index is -0.196. The van der Waals surface area contributed by atoms with Crippen LogP contribution in [0.4, 0.5) is 5.69 Å². The normalized spacial score (nSPS) is 18.7. The molecule has 1 amide bonds. The molecule has 1 aliphatic carbocycles. The molecule has 0 bridgehead atoms. The van der Waals surface area contributed by atoms with Gasteiger partial charge in [0.05, 0.1) is 0 Å². The lowest BCUT2D eigenvalue weighted by Crippen LogP contribution is -2.28. The van der Waals surface area contributed by atoms with Crippen molar-refractivity contribution in [2.75, 3.05) is 5.32 Å². The van der Waals surface area contributed by atoms with Gasteiger partial charge in [-0.3, -0.25) is 9.59 Å². The summed E-state index contributed by atoms with van der Waals surface area (Å²) < 4.78 is 2.21. The molecule has 1 N–H and O–H groups in total. The predicted molar refractivity (Wildman–Crippen MR) is 74.5 cm³/mol. The lowest BCUT2D eigenvalue weighted by molar-refractivity contribution is -0.120. The Labute approximate surface area is 114 Å². The summed E-state index contributed by atoms with van der Waals surface area (Å²) in [5, 5.41) is 2.73. The average molecular weight is 311 g/mol. The number of anilines is 1. The van der Waals surface area contributed by atoms with Gasteiger partial charge in [-0.15, -0.1) is 0 Å². The summed E-state index contributed by atoms with van der Waals surface area (Å²) in [6.07, 6.45) is 8.29. The number of aryl methyl sites for hydroxylation is 1. The first-order valence-electron chi connectivity index (χ1n) is 5.90. The topological polar surface area (TPSA) is 51.1 Å². The van der Waals surface area contributed by atoms with Crippen LogP contribution in [-0.4, -0.2) is 10.5 Å². The number of rotatable bonds is 2. The van der Waals surface area contributed by atoms with E-state index in [1.807, 2.05) is 6.08 Å². The Balaban J connectivity index is 2.16. The van der Waals surface area contributed by atoms with Crippen LogP contribution in [0.25, 0.3) is 0 Å². The molecule has 96 valence electrons. The van der Waals surface area contributed by atoms with Crippen LogP contribution in [0.5, 0.6) is 0 Å². The van der Waals surface area contributed by atoms with E-state index in [4.69, 9.17) is 0 Å². The Morgan fingerprint density at radius 3 is 2.94 bits per heavy atom. The summed E-state index contributed by atoms with van der Waals surface area (Å²) in [7, 11) is 1.66. The molecule has 5 heteroatoms. The summed E-state index contributed by atoms with van der Waals surface area (Å²) in [6.45, 7) is 0. The second kappa shape index (κ2) is 5.52. The van der Waals surface area contributed by atoms with Gasteiger partial charge < -0.3 is 9.88 Å². The van der Waals surface area contributed by atoms with Crippen molar-refractivity contribution in [2.45, 2.75) is 19.3 Å². The largest absolute Gasteiger partial charge is 0.321 e. The van der Waals surface area contributed by atoms with Crippen LogP contribution in [0, 0.1) is 5.92 Å². The third kappa shape index (κ3) is 2.90. The van der Waals surface area contributed by atoms with Crippen molar-refractivity contribution in [1.29, 1.82) is 0 Å². The molecule has 2 rings (SSSR count). The molecule has 0 aromatic carbocycles. The van der Waals surface area contributed by atoms with E-state index in [2.05, 4.69) is 27.3 Å². The van der Waals surface area contributed by atoms with E-state index in [9.17, 15) is 9.59 Å². The number of hydrogen-bond donors (Lipinski definition) is 1. The van der Waals surface area contributed by atoms with Gasteiger partial charge in [0, 0.05) is 23.6 Å². The minimum Gasteiger partial charge on any atom is -0.321 e. The number of nitrogens with zero attached hydrogens (tertiary/aromatic N) is 1. The molecule has 1 heterocycles. The monoisotopic (exact) mass is 310 g/mol. The average Bonchev–Trinajstić information content (AvgIpc) is 2.36. The maximum atomic E-state index is 12.0. The minimum absolute atomic E-state index is 0.0290. The molecule has 1 atom stereocenters. The molecule has 1 aromatic heterocycles. The van der Waals surface area contributed by atoms with Crippen molar-refractivity contribution in [2.24, 2.45) is 13.0 Å². The van der Waals surface area contributed by atoms with Crippen molar-refractivity contribution in [3.8, 4) is 0 Å². The maximum Gasteiger partial charge on any atom is 0.274 e. The number of pyridine rings is 1. The molecule has 1 aliphatic rings. The highest BCUT2D eigenvalue weighted by Gasteiger charge is 2.19. The first-order valence-corrected chi connectivity index (χ1v) is 6.69. The third-order valence-electron chi connectivity index (χ3n) is 3.05. The van der Waals surface area contributed by atoms with Crippen LogP contribution < -0.4 is 10.9 Å². The second-order valence-electron chi connectivity index (χ2n) is 4.46. The van der Waals surface area contributed by atoms with Gasteiger partial charge >= 0.3 is 0 Å². The third-order valence-corrected chi connectivity index (χ3v) is 3.48. The van der Waals surface area contributed by atoms with E-state index in [0.29, 0.717) is 5.69 Å². The van der Waals surface area contributed by atoms with Crippen LogP contribution in [0.1, 0.15) is 19.3 Å². The van der Waals surface area contributed by atoms with Crippen LogP contribution in [0.3, 0.4) is 0 Å². The predicted octanol–water partition coefficient (Wildman–Crippen LogP) is 2.44.